The Morgan fingerprint density at radius 1 is 1.10 bits per heavy atom. The van der Waals surface area contributed by atoms with Gasteiger partial charge in [0.05, 0.1) is 6.42 Å². The first-order chi connectivity index (χ1) is 14.0. The van der Waals surface area contributed by atoms with E-state index in [1.54, 1.807) is 30.3 Å². The SMILES string of the molecule is CCCC(=O)Nc1ccc(C(=O)[C@H](C)OC(=O)Cc2noc3ccccc23)cc1. The van der Waals surface area contributed by atoms with E-state index >= 15 is 0 Å². The molecule has 7 heteroatoms. The Morgan fingerprint density at radius 2 is 1.83 bits per heavy atom. The van der Waals surface area contributed by atoms with Gasteiger partial charge < -0.3 is 14.6 Å². The highest BCUT2D eigenvalue weighted by Gasteiger charge is 2.21. The number of nitrogens with zero attached hydrogens (tertiary/aromatic N) is 1. The van der Waals surface area contributed by atoms with Gasteiger partial charge >= 0.3 is 5.97 Å². The van der Waals surface area contributed by atoms with Gasteiger partial charge in [0.1, 0.15) is 5.69 Å². The number of amides is 1. The smallest absolute Gasteiger partial charge is 0.312 e. The van der Waals surface area contributed by atoms with Crippen LogP contribution in [0.5, 0.6) is 0 Å². The Kier molecular flexibility index (Phi) is 6.39. The number of esters is 1. The minimum Gasteiger partial charge on any atom is -0.454 e. The Balaban J connectivity index is 1.58. The van der Waals surface area contributed by atoms with Crippen molar-refractivity contribution in [1.29, 1.82) is 0 Å². The zero-order valence-corrected chi connectivity index (χ0v) is 16.3. The Hall–Kier alpha value is -3.48. The highest BCUT2D eigenvalue weighted by molar-refractivity contribution is 6.01. The van der Waals surface area contributed by atoms with Crippen molar-refractivity contribution in [3.05, 3.63) is 59.8 Å². The van der Waals surface area contributed by atoms with E-state index in [0.717, 1.165) is 11.8 Å². The molecule has 0 fully saturated rings. The van der Waals surface area contributed by atoms with Crippen LogP contribution in [-0.4, -0.2) is 28.9 Å². The Labute approximate surface area is 168 Å². The fraction of sp³-hybridized carbons (Fsp3) is 0.273. The average Bonchev–Trinajstić information content (AvgIpc) is 3.11. The molecule has 0 spiro atoms. The number of carbonyl (C=O) groups is 3. The molecular formula is C22H22N2O5. The maximum atomic E-state index is 12.5. The lowest BCUT2D eigenvalue weighted by Crippen LogP contribution is -2.25. The number of para-hydroxylation sites is 1. The molecule has 0 aliphatic heterocycles. The van der Waals surface area contributed by atoms with Crippen LogP contribution < -0.4 is 5.32 Å². The maximum Gasteiger partial charge on any atom is 0.312 e. The molecule has 0 aliphatic rings. The van der Waals surface area contributed by atoms with Crippen LogP contribution in [-0.2, 0) is 20.7 Å². The number of aromatic nitrogens is 1. The zero-order chi connectivity index (χ0) is 20.8. The van der Waals surface area contributed by atoms with Crippen molar-refractivity contribution in [2.45, 2.75) is 39.2 Å². The standard InChI is InChI=1S/C22H22N2O5/c1-3-6-20(25)23-16-11-9-15(10-12-16)22(27)14(2)28-21(26)13-18-17-7-4-5-8-19(17)29-24-18/h4-5,7-12,14H,3,6,13H2,1-2H3,(H,23,25)/t14-/m0/s1. The average molecular weight is 394 g/mol. The van der Waals surface area contributed by atoms with Crippen molar-refractivity contribution >= 4 is 34.3 Å². The molecule has 0 saturated heterocycles. The molecular weight excluding hydrogens is 372 g/mol. The lowest BCUT2D eigenvalue weighted by atomic mass is 10.1. The topological polar surface area (TPSA) is 98.5 Å². The molecule has 0 aliphatic carbocycles. The first kappa shape index (κ1) is 20.3. The van der Waals surface area contributed by atoms with Gasteiger partial charge in [0.25, 0.3) is 0 Å². The molecule has 3 aromatic rings. The predicted octanol–water partition coefficient (Wildman–Crippen LogP) is 3.92. The number of fused-ring (bicyclic) bond motifs is 1. The highest BCUT2D eigenvalue weighted by Crippen LogP contribution is 2.19. The second kappa shape index (κ2) is 9.14. The Bertz CT molecular complexity index is 1020. The number of benzene rings is 2. The second-order valence-corrected chi connectivity index (χ2v) is 6.67. The lowest BCUT2D eigenvalue weighted by Gasteiger charge is -2.12. The number of hydrogen-bond donors (Lipinski definition) is 1. The number of anilines is 1. The van der Waals surface area contributed by atoms with Gasteiger partial charge in [0.15, 0.2) is 11.7 Å². The van der Waals surface area contributed by atoms with Crippen molar-refractivity contribution in [2.24, 2.45) is 0 Å². The summed E-state index contributed by atoms with van der Waals surface area (Å²) in [5, 5.41) is 7.40. The van der Waals surface area contributed by atoms with Crippen molar-refractivity contribution in [3.63, 3.8) is 0 Å². The molecule has 29 heavy (non-hydrogen) atoms. The summed E-state index contributed by atoms with van der Waals surface area (Å²) in [4.78, 5) is 36.4. The molecule has 1 atom stereocenters. The van der Waals surface area contributed by atoms with Crippen molar-refractivity contribution in [2.75, 3.05) is 5.32 Å². The molecule has 0 bridgehead atoms. The first-order valence-electron chi connectivity index (χ1n) is 9.45. The van der Waals surface area contributed by atoms with Crippen LogP contribution in [0.1, 0.15) is 42.7 Å². The van der Waals surface area contributed by atoms with Crippen LogP contribution in [0.4, 0.5) is 5.69 Å². The van der Waals surface area contributed by atoms with Crippen LogP contribution >= 0.6 is 0 Å². The van der Waals surface area contributed by atoms with E-state index in [-0.39, 0.29) is 18.1 Å². The van der Waals surface area contributed by atoms with E-state index in [1.165, 1.54) is 6.92 Å². The van der Waals surface area contributed by atoms with E-state index < -0.39 is 12.1 Å². The van der Waals surface area contributed by atoms with Gasteiger partial charge in [-0.25, -0.2) is 0 Å². The number of Topliss-reactive ketones (excluding diaryl/α,β-unsaturated/α-hetero) is 1. The van der Waals surface area contributed by atoms with Gasteiger partial charge in [-0.05, 0) is 49.7 Å². The molecule has 0 saturated carbocycles. The molecule has 1 N–H and O–H groups in total. The van der Waals surface area contributed by atoms with Crippen molar-refractivity contribution < 1.29 is 23.6 Å². The molecule has 1 heterocycles. The van der Waals surface area contributed by atoms with Gasteiger partial charge in [-0.2, -0.15) is 0 Å². The summed E-state index contributed by atoms with van der Waals surface area (Å²) in [6.45, 7) is 3.45. The number of ketones is 1. The molecule has 1 amide bonds. The summed E-state index contributed by atoms with van der Waals surface area (Å²) in [5.41, 5.74) is 2.07. The monoisotopic (exact) mass is 394 g/mol. The lowest BCUT2D eigenvalue weighted by molar-refractivity contribution is -0.145. The normalized spacial score (nSPS) is 11.8. The number of ether oxygens (including phenoxy) is 1. The predicted molar refractivity (Wildman–Crippen MR) is 108 cm³/mol. The zero-order valence-electron chi connectivity index (χ0n) is 16.3. The van der Waals surface area contributed by atoms with E-state index in [9.17, 15) is 14.4 Å². The summed E-state index contributed by atoms with van der Waals surface area (Å²) < 4.78 is 10.4. The van der Waals surface area contributed by atoms with Gasteiger partial charge in [0, 0.05) is 23.1 Å². The number of rotatable bonds is 8. The molecule has 7 nitrogen and oxygen atoms in total. The summed E-state index contributed by atoms with van der Waals surface area (Å²) in [6, 6.07) is 13.7. The minimum absolute atomic E-state index is 0.0748. The van der Waals surface area contributed by atoms with E-state index in [0.29, 0.717) is 28.9 Å². The molecule has 0 unspecified atom stereocenters. The van der Waals surface area contributed by atoms with E-state index in [2.05, 4.69) is 10.5 Å². The van der Waals surface area contributed by atoms with Crippen LogP contribution in [0, 0.1) is 0 Å². The fourth-order valence-electron chi connectivity index (χ4n) is 2.90. The van der Waals surface area contributed by atoms with Crippen LogP contribution in [0.2, 0.25) is 0 Å². The van der Waals surface area contributed by atoms with Gasteiger partial charge in [-0.3, -0.25) is 14.4 Å². The van der Waals surface area contributed by atoms with E-state index in [1.807, 2.05) is 25.1 Å². The summed E-state index contributed by atoms with van der Waals surface area (Å²) in [5.74, 6) is -0.961. The van der Waals surface area contributed by atoms with Crippen LogP contribution in [0.3, 0.4) is 0 Å². The third-order valence-electron chi connectivity index (χ3n) is 4.37. The third kappa shape index (κ3) is 5.07. The highest BCUT2D eigenvalue weighted by atomic mass is 16.5. The van der Waals surface area contributed by atoms with E-state index in [4.69, 9.17) is 9.26 Å². The first-order valence-corrected chi connectivity index (χ1v) is 9.45. The second-order valence-electron chi connectivity index (χ2n) is 6.67. The van der Waals surface area contributed by atoms with Crippen LogP contribution in [0.25, 0.3) is 11.0 Å². The summed E-state index contributed by atoms with van der Waals surface area (Å²) in [7, 11) is 0. The molecule has 150 valence electrons. The van der Waals surface area contributed by atoms with Gasteiger partial charge in [0.2, 0.25) is 11.7 Å². The Morgan fingerprint density at radius 3 is 2.55 bits per heavy atom. The maximum absolute atomic E-state index is 12.5. The summed E-state index contributed by atoms with van der Waals surface area (Å²) in [6.07, 6.45) is 0.169. The fourth-order valence-corrected chi connectivity index (χ4v) is 2.90. The molecule has 2 aromatic carbocycles. The van der Waals surface area contributed by atoms with Crippen LogP contribution in [0.15, 0.2) is 53.1 Å². The number of carbonyl (C=O) groups excluding carboxylic acids is 3. The van der Waals surface area contributed by atoms with Gasteiger partial charge in [-0.15, -0.1) is 0 Å². The van der Waals surface area contributed by atoms with Crippen molar-refractivity contribution in [1.82, 2.24) is 5.16 Å². The largest absolute Gasteiger partial charge is 0.454 e. The summed E-state index contributed by atoms with van der Waals surface area (Å²) >= 11 is 0. The quantitative estimate of drug-likeness (QED) is 0.459. The molecule has 0 radical (unpaired) electrons. The van der Waals surface area contributed by atoms with Gasteiger partial charge in [-0.1, -0.05) is 24.2 Å². The molecule has 1 aromatic heterocycles. The van der Waals surface area contributed by atoms with Crippen molar-refractivity contribution in [3.8, 4) is 0 Å². The minimum atomic E-state index is -0.943. The number of nitrogens with one attached hydrogen (secondary N) is 1. The third-order valence-corrected chi connectivity index (χ3v) is 4.37. The number of hydrogen-bond acceptors (Lipinski definition) is 6. The molecule has 3 rings (SSSR count).